The van der Waals surface area contributed by atoms with Gasteiger partial charge in [0.15, 0.2) is 11.5 Å². The van der Waals surface area contributed by atoms with E-state index >= 15 is 0 Å². The third-order valence-corrected chi connectivity index (χ3v) is 4.51. The first-order valence-corrected chi connectivity index (χ1v) is 7.18. The number of alkyl halides is 3. The Labute approximate surface area is 121 Å². The van der Waals surface area contributed by atoms with Crippen molar-refractivity contribution in [3.05, 3.63) is 23.3 Å². The first-order chi connectivity index (χ1) is 9.96. The molecule has 3 nitrogen and oxygen atoms in total. The zero-order chi connectivity index (χ0) is 15.1. The molecular formula is C15H18F3NO2. The molecule has 116 valence electrons. The Morgan fingerprint density at radius 2 is 1.62 bits per heavy atom. The van der Waals surface area contributed by atoms with Crippen LogP contribution in [0.25, 0.3) is 0 Å². The van der Waals surface area contributed by atoms with Gasteiger partial charge in [-0.2, -0.15) is 13.2 Å². The normalized spacial score (nSPS) is 20.6. The van der Waals surface area contributed by atoms with E-state index in [1.807, 2.05) is 0 Å². The molecule has 0 saturated heterocycles. The minimum atomic E-state index is -4.42. The topological polar surface area (TPSA) is 44.5 Å². The van der Waals surface area contributed by atoms with Gasteiger partial charge < -0.3 is 15.2 Å². The fraction of sp³-hybridized carbons (Fsp3) is 0.600. The molecule has 0 radical (unpaired) electrons. The number of halogens is 3. The van der Waals surface area contributed by atoms with Crippen LogP contribution >= 0.6 is 0 Å². The molecule has 1 aromatic rings. The van der Waals surface area contributed by atoms with Crippen molar-refractivity contribution in [3.63, 3.8) is 0 Å². The largest absolute Gasteiger partial charge is 0.486 e. The third-order valence-electron chi connectivity index (χ3n) is 4.51. The van der Waals surface area contributed by atoms with Crippen molar-refractivity contribution in [2.75, 3.05) is 19.8 Å². The number of nitrogens with two attached hydrogens (primary N) is 1. The van der Waals surface area contributed by atoms with Crippen LogP contribution in [0.15, 0.2) is 12.1 Å². The third kappa shape index (κ3) is 2.46. The number of ether oxygens (including phenoxy) is 2. The summed E-state index contributed by atoms with van der Waals surface area (Å²) in [6, 6.07) is 2.56. The van der Waals surface area contributed by atoms with E-state index < -0.39 is 17.2 Å². The predicted molar refractivity (Wildman–Crippen MR) is 71.6 cm³/mol. The molecule has 1 saturated carbocycles. The van der Waals surface area contributed by atoms with Gasteiger partial charge in [0.05, 0.1) is 5.56 Å². The zero-order valence-electron chi connectivity index (χ0n) is 11.6. The van der Waals surface area contributed by atoms with Gasteiger partial charge in [-0.05, 0) is 30.5 Å². The van der Waals surface area contributed by atoms with Gasteiger partial charge in [-0.3, -0.25) is 0 Å². The summed E-state index contributed by atoms with van der Waals surface area (Å²) in [5.74, 6) is 0.562. The molecule has 1 fully saturated rings. The quantitative estimate of drug-likeness (QED) is 0.912. The molecular weight excluding hydrogens is 283 g/mol. The summed E-state index contributed by atoms with van der Waals surface area (Å²) in [4.78, 5) is 0. The molecule has 3 rings (SSSR count). The summed E-state index contributed by atoms with van der Waals surface area (Å²) < 4.78 is 51.1. The van der Waals surface area contributed by atoms with Crippen LogP contribution < -0.4 is 15.2 Å². The second-order valence-corrected chi connectivity index (χ2v) is 5.73. The van der Waals surface area contributed by atoms with Gasteiger partial charge >= 0.3 is 6.18 Å². The second kappa shape index (κ2) is 5.09. The molecule has 1 aliphatic carbocycles. The number of hydrogen-bond donors (Lipinski definition) is 1. The molecule has 0 aromatic heterocycles. The Morgan fingerprint density at radius 1 is 1.05 bits per heavy atom. The highest BCUT2D eigenvalue weighted by molar-refractivity contribution is 5.52. The van der Waals surface area contributed by atoms with E-state index in [1.165, 1.54) is 6.07 Å². The maximum atomic E-state index is 13.4. The van der Waals surface area contributed by atoms with Crippen molar-refractivity contribution in [2.24, 2.45) is 5.73 Å². The lowest BCUT2D eigenvalue weighted by molar-refractivity contribution is -0.139. The Bertz CT molecular complexity index is 536. The van der Waals surface area contributed by atoms with E-state index in [1.54, 1.807) is 0 Å². The number of hydrogen-bond acceptors (Lipinski definition) is 3. The van der Waals surface area contributed by atoms with E-state index in [0.29, 0.717) is 25.2 Å². The van der Waals surface area contributed by atoms with Gasteiger partial charge in [0.1, 0.15) is 13.2 Å². The highest BCUT2D eigenvalue weighted by atomic mass is 19.4. The molecule has 1 aliphatic heterocycles. The SMILES string of the molecule is NCC1(c2cc3c(cc2C(F)(F)F)OCCO3)CCCC1. The van der Waals surface area contributed by atoms with E-state index in [4.69, 9.17) is 15.2 Å². The predicted octanol–water partition coefficient (Wildman–Crippen LogP) is 3.25. The lowest BCUT2D eigenvalue weighted by atomic mass is 9.76. The van der Waals surface area contributed by atoms with Gasteiger partial charge in [-0.15, -0.1) is 0 Å². The molecule has 2 aliphatic rings. The standard InChI is InChI=1S/C15H18F3NO2/c16-15(17,18)11-8-13-12(20-5-6-21-13)7-10(11)14(9-19)3-1-2-4-14/h7-8H,1-6,9,19H2. The summed E-state index contributed by atoms with van der Waals surface area (Å²) in [6.45, 7) is 0.842. The molecule has 0 unspecified atom stereocenters. The molecule has 0 spiro atoms. The Morgan fingerprint density at radius 3 is 2.14 bits per heavy atom. The maximum absolute atomic E-state index is 13.4. The summed E-state index contributed by atoms with van der Waals surface area (Å²) in [6.07, 6.45) is -1.24. The van der Waals surface area contributed by atoms with Gasteiger partial charge in [0, 0.05) is 12.0 Å². The van der Waals surface area contributed by atoms with Gasteiger partial charge in [-0.1, -0.05) is 12.8 Å². The molecule has 0 bridgehead atoms. The number of fused-ring (bicyclic) bond motifs is 1. The van der Waals surface area contributed by atoms with Crippen LogP contribution in [0.3, 0.4) is 0 Å². The number of rotatable bonds is 2. The molecule has 2 N–H and O–H groups in total. The van der Waals surface area contributed by atoms with E-state index in [-0.39, 0.29) is 24.5 Å². The van der Waals surface area contributed by atoms with Crippen molar-refractivity contribution in [1.29, 1.82) is 0 Å². The van der Waals surface area contributed by atoms with Crippen molar-refractivity contribution >= 4 is 0 Å². The van der Waals surface area contributed by atoms with Crippen molar-refractivity contribution in [3.8, 4) is 11.5 Å². The molecule has 1 aromatic carbocycles. The van der Waals surface area contributed by atoms with Crippen LogP contribution in [0.1, 0.15) is 36.8 Å². The average Bonchev–Trinajstić information content (AvgIpc) is 2.95. The molecule has 0 amide bonds. The van der Waals surface area contributed by atoms with Crippen LogP contribution in [-0.4, -0.2) is 19.8 Å². The Hall–Kier alpha value is -1.43. The van der Waals surface area contributed by atoms with Crippen molar-refractivity contribution in [2.45, 2.75) is 37.3 Å². The first-order valence-electron chi connectivity index (χ1n) is 7.18. The molecule has 21 heavy (non-hydrogen) atoms. The highest BCUT2D eigenvalue weighted by Crippen LogP contribution is 2.49. The Balaban J connectivity index is 2.17. The van der Waals surface area contributed by atoms with Gasteiger partial charge in [0.2, 0.25) is 0 Å². The smallest absolute Gasteiger partial charge is 0.416 e. The zero-order valence-corrected chi connectivity index (χ0v) is 11.6. The number of benzene rings is 1. The Kier molecular flexibility index (Phi) is 3.51. The summed E-state index contributed by atoms with van der Waals surface area (Å²) >= 11 is 0. The fourth-order valence-corrected chi connectivity index (χ4v) is 3.40. The fourth-order valence-electron chi connectivity index (χ4n) is 3.40. The highest BCUT2D eigenvalue weighted by Gasteiger charge is 2.44. The minimum absolute atomic E-state index is 0.169. The lowest BCUT2D eigenvalue weighted by Gasteiger charge is -2.32. The monoisotopic (exact) mass is 301 g/mol. The second-order valence-electron chi connectivity index (χ2n) is 5.73. The van der Waals surface area contributed by atoms with Crippen LogP contribution in [0.4, 0.5) is 13.2 Å². The lowest BCUT2D eigenvalue weighted by Crippen LogP contribution is -2.34. The van der Waals surface area contributed by atoms with Crippen molar-refractivity contribution < 1.29 is 22.6 Å². The summed E-state index contributed by atoms with van der Waals surface area (Å²) in [5.41, 5.74) is 4.88. The average molecular weight is 301 g/mol. The molecule has 0 atom stereocenters. The van der Waals surface area contributed by atoms with Gasteiger partial charge in [-0.25, -0.2) is 0 Å². The van der Waals surface area contributed by atoms with Crippen molar-refractivity contribution in [1.82, 2.24) is 0 Å². The van der Waals surface area contributed by atoms with E-state index in [0.717, 1.165) is 18.9 Å². The van der Waals surface area contributed by atoms with Crippen LogP contribution in [0.5, 0.6) is 11.5 Å². The summed E-state index contributed by atoms with van der Waals surface area (Å²) in [7, 11) is 0. The molecule has 1 heterocycles. The van der Waals surface area contributed by atoms with Crippen LogP contribution in [0, 0.1) is 0 Å². The maximum Gasteiger partial charge on any atom is 0.416 e. The first kappa shape index (κ1) is 14.5. The molecule has 6 heteroatoms. The van der Waals surface area contributed by atoms with Crippen LogP contribution in [0.2, 0.25) is 0 Å². The minimum Gasteiger partial charge on any atom is -0.486 e. The van der Waals surface area contributed by atoms with Gasteiger partial charge in [0.25, 0.3) is 0 Å². The summed E-state index contributed by atoms with van der Waals surface area (Å²) in [5, 5.41) is 0. The van der Waals surface area contributed by atoms with E-state index in [2.05, 4.69) is 0 Å². The van der Waals surface area contributed by atoms with Crippen LogP contribution in [-0.2, 0) is 11.6 Å². The van der Waals surface area contributed by atoms with E-state index in [9.17, 15) is 13.2 Å².